The van der Waals surface area contributed by atoms with E-state index in [9.17, 15) is 0 Å². The van der Waals surface area contributed by atoms with Crippen LogP contribution in [-0.4, -0.2) is 6.54 Å². The topological polar surface area (TPSA) is 26.0 Å². The third kappa shape index (κ3) is 2.45. The molecule has 1 heteroatoms. The third-order valence-corrected chi connectivity index (χ3v) is 5.53. The van der Waals surface area contributed by atoms with Crippen molar-refractivity contribution >= 4 is 0 Å². The molecule has 0 spiro atoms. The summed E-state index contributed by atoms with van der Waals surface area (Å²) in [5, 5.41) is 0. The predicted octanol–water partition coefficient (Wildman–Crippen LogP) is 4.50. The van der Waals surface area contributed by atoms with Gasteiger partial charge in [0.25, 0.3) is 0 Å². The monoisotopic (exact) mass is 257 g/mol. The van der Waals surface area contributed by atoms with Gasteiger partial charge < -0.3 is 5.73 Å². The van der Waals surface area contributed by atoms with E-state index in [1.807, 2.05) is 0 Å². The molecule has 3 rings (SSSR count). The number of rotatable bonds is 3. The van der Waals surface area contributed by atoms with Crippen molar-refractivity contribution in [3.05, 3.63) is 35.4 Å². The molecule has 0 radical (unpaired) electrons. The molecular weight excluding hydrogens is 230 g/mol. The molecule has 19 heavy (non-hydrogen) atoms. The molecule has 0 bridgehead atoms. The normalized spacial score (nSPS) is 23.6. The average Bonchev–Trinajstić information content (AvgIpc) is 2.98. The molecule has 2 saturated carbocycles. The van der Waals surface area contributed by atoms with Crippen LogP contribution in [0.5, 0.6) is 0 Å². The molecule has 1 aromatic rings. The van der Waals surface area contributed by atoms with Gasteiger partial charge >= 0.3 is 0 Å². The molecule has 2 aliphatic rings. The highest BCUT2D eigenvalue weighted by molar-refractivity contribution is 5.38. The van der Waals surface area contributed by atoms with Crippen LogP contribution in [0.3, 0.4) is 0 Å². The molecule has 0 heterocycles. The first-order chi connectivity index (χ1) is 9.36. The van der Waals surface area contributed by atoms with E-state index in [0.717, 1.165) is 12.5 Å². The Morgan fingerprint density at radius 1 is 0.947 bits per heavy atom. The van der Waals surface area contributed by atoms with Gasteiger partial charge in [0, 0.05) is 12.0 Å². The van der Waals surface area contributed by atoms with Crippen molar-refractivity contribution in [2.45, 2.75) is 69.1 Å². The van der Waals surface area contributed by atoms with Gasteiger partial charge in [-0.05, 0) is 42.7 Å². The molecule has 0 amide bonds. The Hall–Kier alpha value is -0.820. The lowest BCUT2D eigenvalue weighted by molar-refractivity contribution is 0.414. The minimum absolute atomic E-state index is 0.300. The van der Waals surface area contributed by atoms with Crippen LogP contribution >= 0.6 is 0 Å². The van der Waals surface area contributed by atoms with Gasteiger partial charge in [0.15, 0.2) is 0 Å². The third-order valence-electron chi connectivity index (χ3n) is 5.53. The summed E-state index contributed by atoms with van der Waals surface area (Å²) in [5.74, 6) is 0.800. The van der Waals surface area contributed by atoms with Crippen LogP contribution in [0.4, 0.5) is 0 Å². The van der Waals surface area contributed by atoms with Gasteiger partial charge in [0.05, 0.1) is 0 Å². The molecule has 2 N–H and O–H groups in total. The van der Waals surface area contributed by atoms with E-state index in [-0.39, 0.29) is 0 Å². The highest BCUT2D eigenvalue weighted by Crippen LogP contribution is 2.45. The lowest BCUT2D eigenvalue weighted by Gasteiger charge is -2.34. The second kappa shape index (κ2) is 5.66. The molecule has 0 atom stereocenters. The first-order valence-corrected chi connectivity index (χ1v) is 8.15. The van der Waals surface area contributed by atoms with Crippen molar-refractivity contribution in [3.63, 3.8) is 0 Å². The van der Waals surface area contributed by atoms with Gasteiger partial charge in [0.2, 0.25) is 0 Å². The zero-order valence-electron chi connectivity index (χ0n) is 12.0. The second-order valence-electron chi connectivity index (χ2n) is 6.61. The van der Waals surface area contributed by atoms with E-state index in [2.05, 4.69) is 24.3 Å². The Labute approximate surface area is 117 Å². The van der Waals surface area contributed by atoms with Crippen LogP contribution in [0, 0.1) is 0 Å². The molecule has 2 fully saturated rings. The van der Waals surface area contributed by atoms with Crippen LogP contribution in [0.15, 0.2) is 24.3 Å². The van der Waals surface area contributed by atoms with E-state index in [0.29, 0.717) is 5.41 Å². The zero-order valence-corrected chi connectivity index (χ0v) is 12.0. The van der Waals surface area contributed by atoms with Gasteiger partial charge in [-0.25, -0.2) is 0 Å². The highest BCUT2D eigenvalue weighted by Gasteiger charge is 2.36. The van der Waals surface area contributed by atoms with Gasteiger partial charge in [-0.1, -0.05) is 56.4 Å². The highest BCUT2D eigenvalue weighted by atomic mass is 14.6. The molecule has 0 unspecified atom stereocenters. The number of hydrogen-bond donors (Lipinski definition) is 1. The van der Waals surface area contributed by atoms with Crippen molar-refractivity contribution in [3.8, 4) is 0 Å². The smallest absolute Gasteiger partial charge is 0.00783 e. The van der Waals surface area contributed by atoms with Gasteiger partial charge in [-0.3, -0.25) is 0 Å². The van der Waals surface area contributed by atoms with Crippen LogP contribution in [0.25, 0.3) is 0 Å². The summed E-state index contributed by atoms with van der Waals surface area (Å²) >= 11 is 0. The lowest BCUT2D eigenvalue weighted by Crippen LogP contribution is -2.33. The van der Waals surface area contributed by atoms with E-state index >= 15 is 0 Å². The second-order valence-corrected chi connectivity index (χ2v) is 6.61. The molecule has 0 aromatic heterocycles. The first kappa shape index (κ1) is 13.2. The van der Waals surface area contributed by atoms with Crippen molar-refractivity contribution in [2.75, 3.05) is 6.54 Å². The van der Waals surface area contributed by atoms with Gasteiger partial charge in [-0.2, -0.15) is 0 Å². The SMILES string of the molecule is NCC1(c2ccccc2C2CCCCC2)CCCC1. The van der Waals surface area contributed by atoms with E-state index < -0.39 is 0 Å². The molecule has 1 aromatic carbocycles. The van der Waals surface area contributed by atoms with Crippen molar-refractivity contribution in [1.82, 2.24) is 0 Å². The Bertz CT molecular complexity index is 411. The summed E-state index contributed by atoms with van der Waals surface area (Å²) in [6, 6.07) is 9.22. The maximum Gasteiger partial charge on any atom is 0.00783 e. The zero-order chi connectivity index (χ0) is 13.1. The van der Waals surface area contributed by atoms with Crippen LogP contribution in [-0.2, 0) is 5.41 Å². The maximum absolute atomic E-state index is 6.20. The fraction of sp³-hybridized carbons (Fsp3) is 0.667. The van der Waals surface area contributed by atoms with Crippen molar-refractivity contribution < 1.29 is 0 Å². The van der Waals surface area contributed by atoms with E-state index in [1.165, 1.54) is 57.8 Å². The minimum atomic E-state index is 0.300. The quantitative estimate of drug-likeness (QED) is 0.847. The summed E-state index contributed by atoms with van der Waals surface area (Å²) < 4.78 is 0. The number of hydrogen-bond acceptors (Lipinski definition) is 1. The Morgan fingerprint density at radius 2 is 1.63 bits per heavy atom. The maximum atomic E-state index is 6.20. The number of nitrogens with two attached hydrogens (primary N) is 1. The minimum Gasteiger partial charge on any atom is -0.330 e. The molecule has 0 saturated heterocycles. The molecule has 1 nitrogen and oxygen atoms in total. The molecule has 104 valence electrons. The van der Waals surface area contributed by atoms with Gasteiger partial charge in [0.1, 0.15) is 0 Å². The fourth-order valence-electron chi connectivity index (χ4n) is 4.38. The Kier molecular flexibility index (Phi) is 3.93. The summed E-state index contributed by atoms with van der Waals surface area (Å²) in [6.45, 7) is 0.830. The van der Waals surface area contributed by atoms with Crippen LogP contribution in [0.1, 0.15) is 74.8 Å². The summed E-state index contributed by atoms with van der Waals surface area (Å²) in [7, 11) is 0. The predicted molar refractivity (Wildman–Crippen MR) is 81.5 cm³/mol. The van der Waals surface area contributed by atoms with Crippen LogP contribution < -0.4 is 5.73 Å². The standard InChI is InChI=1S/C18H27N/c19-14-18(12-6-7-13-18)17-11-5-4-10-16(17)15-8-2-1-3-9-15/h4-5,10-11,15H,1-3,6-9,12-14,19H2. The Balaban J connectivity index is 1.96. The molecule has 0 aliphatic heterocycles. The van der Waals surface area contributed by atoms with Crippen LogP contribution in [0.2, 0.25) is 0 Å². The van der Waals surface area contributed by atoms with E-state index in [4.69, 9.17) is 5.73 Å². The largest absolute Gasteiger partial charge is 0.330 e. The lowest BCUT2D eigenvalue weighted by atomic mass is 9.72. The van der Waals surface area contributed by atoms with E-state index in [1.54, 1.807) is 11.1 Å². The van der Waals surface area contributed by atoms with Gasteiger partial charge in [-0.15, -0.1) is 0 Å². The average molecular weight is 257 g/mol. The van der Waals surface area contributed by atoms with Crippen molar-refractivity contribution in [2.24, 2.45) is 5.73 Å². The summed E-state index contributed by atoms with van der Waals surface area (Å²) in [5.41, 5.74) is 9.73. The fourth-order valence-corrected chi connectivity index (χ4v) is 4.38. The Morgan fingerprint density at radius 3 is 2.32 bits per heavy atom. The number of benzene rings is 1. The molecule has 2 aliphatic carbocycles. The summed E-state index contributed by atoms with van der Waals surface area (Å²) in [4.78, 5) is 0. The first-order valence-electron chi connectivity index (χ1n) is 8.15. The molecular formula is C18H27N. The summed E-state index contributed by atoms with van der Waals surface area (Å²) in [6.07, 6.45) is 12.3. The van der Waals surface area contributed by atoms with Crippen molar-refractivity contribution in [1.29, 1.82) is 0 Å².